The first-order valence-electron chi connectivity index (χ1n) is 7.53. The predicted molar refractivity (Wildman–Crippen MR) is 132 cm³/mol. The zero-order valence-corrected chi connectivity index (χ0v) is 22.1. The molecule has 0 fully saturated rings. The molecule has 10 N–H and O–H groups in total. The van der Waals surface area contributed by atoms with Gasteiger partial charge in [0.15, 0.2) is 0 Å². The Morgan fingerprint density at radius 1 is 0.607 bits per heavy atom. The van der Waals surface area contributed by atoms with Gasteiger partial charge in [-0.05, 0) is 0 Å². The van der Waals surface area contributed by atoms with Crippen molar-refractivity contribution in [3.05, 3.63) is 84.9 Å². The Labute approximate surface area is 190 Å². The van der Waals surface area contributed by atoms with E-state index in [9.17, 15) is 0 Å². The fraction of sp³-hybridized carbons (Fsp3) is 0. The molecule has 3 rings (SSSR count). The molecule has 0 aliphatic rings. The third-order valence-corrected chi connectivity index (χ3v) is 8.35. The minimum absolute atomic E-state index is 0. The number of hydrogen-bond donors (Lipinski definition) is 3. The summed E-state index contributed by atoms with van der Waals surface area (Å²) in [6, 6.07) is 27.3. The summed E-state index contributed by atoms with van der Waals surface area (Å²) in [5, 5.41) is 2.64. The molecule has 0 amide bonds. The van der Waals surface area contributed by atoms with E-state index >= 15 is 0 Å². The van der Waals surface area contributed by atoms with E-state index in [0.29, 0.717) is 5.69 Å². The molecule has 10 heteroatoms. The van der Waals surface area contributed by atoms with Gasteiger partial charge in [-0.1, -0.05) is 0 Å². The number of rotatable bonds is 3. The molecule has 0 unspecified atom stereocenters. The summed E-state index contributed by atoms with van der Waals surface area (Å²) < 4.78 is 0. The normalized spacial score (nSPS) is 12.0. The van der Waals surface area contributed by atoms with Crippen LogP contribution in [0.4, 0.5) is 5.69 Å². The van der Waals surface area contributed by atoms with E-state index in [2.05, 4.69) is 40.9 Å². The minimum atomic E-state index is -3.55. The van der Waals surface area contributed by atoms with Gasteiger partial charge in [0, 0.05) is 0 Å². The number of halogens is 3. The van der Waals surface area contributed by atoms with Gasteiger partial charge < -0.3 is 11.0 Å². The Hall–Kier alpha value is -0.207. The van der Waals surface area contributed by atoms with Crippen molar-refractivity contribution >= 4 is 69.4 Å². The van der Waals surface area contributed by atoms with Crippen LogP contribution in [0.3, 0.4) is 0 Å². The molecule has 0 heterocycles. The summed E-state index contributed by atoms with van der Waals surface area (Å²) in [4.78, 5) is 0. The standard InChI is InChI=1S/C18H20N3P.3BrH.2H2O.Ru/c19-17-13-7-8-14-18(17)22(20,21,15-9-3-1-4-10-15)16-11-5-2-6-12-16;;;;;;/h1-14H,19-21H2;3*1H;2*1H2;/q;;;;;;+3/p-3. The van der Waals surface area contributed by atoms with Crippen molar-refractivity contribution in [3.63, 3.8) is 0 Å². The summed E-state index contributed by atoms with van der Waals surface area (Å²) in [5.74, 6) is 0. The Morgan fingerprint density at radius 2 is 0.929 bits per heavy atom. The summed E-state index contributed by atoms with van der Waals surface area (Å²) in [5.41, 5.74) is 20.9. The van der Waals surface area contributed by atoms with Gasteiger partial charge in [-0.15, -0.1) is 0 Å². The van der Waals surface area contributed by atoms with Crippen molar-refractivity contribution in [2.45, 2.75) is 0 Å². The molecule has 0 spiro atoms. The Kier molecular flexibility index (Phi) is 11.8. The van der Waals surface area contributed by atoms with Crippen molar-refractivity contribution in [1.29, 1.82) is 0 Å². The number of nitrogens with two attached hydrogens (primary N) is 3. The van der Waals surface area contributed by atoms with Crippen molar-refractivity contribution in [2.75, 3.05) is 5.73 Å². The molecule has 0 atom stereocenters. The van der Waals surface area contributed by atoms with Crippen molar-refractivity contribution < 1.29 is 21.0 Å². The molecule has 28 heavy (non-hydrogen) atoms. The second kappa shape index (κ2) is 11.8. The molecule has 0 saturated heterocycles. The quantitative estimate of drug-likeness (QED) is 0.222. The number of anilines is 1. The second-order valence-corrected chi connectivity index (χ2v) is 33.7. The first-order chi connectivity index (χ1) is 12.3. The van der Waals surface area contributed by atoms with Crippen molar-refractivity contribution in [2.24, 2.45) is 11.0 Å². The van der Waals surface area contributed by atoms with Crippen LogP contribution in [0.15, 0.2) is 84.9 Å². The molecule has 157 valence electrons. The molecule has 0 aromatic heterocycles. The molecule has 3 aromatic carbocycles. The number of benzene rings is 3. The molecule has 3 aromatic rings. The summed E-state index contributed by atoms with van der Waals surface area (Å²) >= 11 is 9.74. The third kappa shape index (κ3) is 6.15. The molecule has 0 bridgehead atoms. The molecule has 5 nitrogen and oxygen atoms in total. The van der Waals surface area contributed by atoms with Crippen LogP contribution in [0.2, 0.25) is 0 Å². The molecule has 0 saturated carbocycles. The van der Waals surface area contributed by atoms with Gasteiger partial charge in [0.25, 0.3) is 0 Å². The fourth-order valence-electron chi connectivity index (χ4n) is 2.85. The van der Waals surface area contributed by atoms with Crippen LogP contribution < -0.4 is 32.7 Å². The topological polar surface area (TPSA) is 141 Å². The maximum absolute atomic E-state index is 7.03. The molecule has 0 radical (unpaired) electrons. The van der Waals surface area contributed by atoms with Crippen molar-refractivity contribution in [1.82, 2.24) is 0 Å². The zero-order valence-electron chi connectivity index (χ0n) is 14.7. The van der Waals surface area contributed by atoms with Gasteiger partial charge in [-0.2, -0.15) is 0 Å². The Morgan fingerprint density at radius 3 is 1.29 bits per heavy atom. The molecule has 0 aliphatic carbocycles. The van der Waals surface area contributed by atoms with Crippen molar-refractivity contribution in [3.8, 4) is 0 Å². The van der Waals surface area contributed by atoms with E-state index in [4.69, 9.17) is 16.7 Å². The summed E-state index contributed by atoms with van der Waals surface area (Å²) in [6.07, 6.45) is 0. The van der Waals surface area contributed by atoms with E-state index in [0.717, 1.165) is 15.9 Å². The Bertz CT molecular complexity index is 813. The van der Waals surface area contributed by atoms with Crippen LogP contribution in [0.1, 0.15) is 0 Å². The maximum atomic E-state index is 7.03. The van der Waals surface area contributed by atoms with Crippen LogP contribution in [-0.2, 0) is 10.1 Å². The van der Waals surface area contributed by atoms with Gasteiger partial charge in [0.05, 0.1) is 0 Å². The van der Waals surface area contributed by atoms with E-state index < -0.39 is 17.0 Å². The molecular weight excluding hydrogens is 662 g/mol. The molecular formula is C18H24Br3N3O2PRu. The summed E-state index contributed by atoms with van der Waals surface area (Å²) in [6.45, 7) is -3.55. The number of para-hydroxylation sites is 1. The zero-order chi connectivity index (χ0) is 19.2. The number of hydrogen-bond acceptors (Lipinski definition) is 3. The monoisotopic (exact) mass is 684 g/mol. The first kappa shape index (κ1) is 27.8. The molecule has 0 aliphatic heterocycles. The Balaban J connectivity index is 0.00000111. The first-order valence-corrected chi connectivity index (χ1v) is 21.8. The van der Waals surface area contributed by atoms with E-state index in [1.807, 2.05) is 84.9 Å². The van der Waals surface area contributed by atoms with E-state index in [1.165, 1.54) is 0 Å². The third-order valence-electron chi connectivity index (χ3n) is 4.08. The SMILES string of the molecule is Nc1ccccc1P(N)(N)(c1ccccc1)c1ccccc1.O.O.[Br][Ru]([Br])[Br]. The van der Waals surface area contributed by atoms with Gasteiger partial charge in [0.1, 0.15) is 0 Å². The van der Waals surface area contributed by atoms with Gasteiger partial charge >= 0.3 is 181 Å². The van der Waals surface area contributed by atoms with Gasteiger partial charge in [-0.3, -0.25) is 0 Å². The van der Waals surface area contributed by atoms with Crippen LogP contribution in [0.25, 0.3) is 0 Å². The fourth-order valence-corrected chi connectivity index (χ4v) is 6.37. The van der Waals surface area contributed by atoms with Crippen LogP contribution in [-0.4, -0.2) is 11.0 Å². The van der Waals surface area contributed by atoms with Crippen LogP contribution in [0.5, 0.6) is 0 Å². The average Bonchev–Trinajstić information content (AvgIpc) is 2.63. The predicted octanol–water partition coefficient (Wildman–Crippen LogP) is 2.73. The summed E-state index contributed by atoms with van der Waals surface area (Å²) in [7, 11) is -0.732. The van der Waals surface area contributed by atoms with E-state index in [-0.39, 0.29) is 11.0 Å². The average molecular weight is 686 g/mol. The van der Waals surface area contributed by atoms with Crippen LogP contribution in [0, 0.1) is 0 Å². The second-order valence-electron chi connectivity index (χ2n) is 5.64. The van der Waals surface area contributed by atoms with Crippen LogP contribution >= 0.6 is 47.8 Å². The van der Waals surface area contributed by atoms with E-state index in [1.54, 1.807) is 0 Å². The number of nitrogen functional groups attached to an aromatic ring is 1. The van der Waals surface area contributed by atoms with Gasteiger partial charge in [0.2, 0.25) is 0 Å². The van der Waals surface area contributed by atoms with Gasteiger partial charge in [-0.25, -0.2) is 0 Å².